The maximum Gasteiger partial charge on any atom is 0.328 e. The van der Waals surface area contributed by atoms with E-state index in [1.165, 1.54) is 16.8 Å². The van der Waals surface area contributed by atoms with Crippen molar-refractivity contribution < 1.29 is 14.9 Å². The third-order valence-electron chi connectivity index (χ3n) is 3.23. The van der Waals surface area contributed by atoms with Crippen molar-refractivity contribution in [1.29, 1.82) is 0 Å². The predicted molar refractivity (Wildman–Crippen MR) is 67.9 cm³/mol. The largest absolute Gasteiger partial charge is 0.394 e. The Kier molecular flexibility index (Phi) is 3.98. The van der Waals surface area contributed by atoms with Gasteiger partial charge < -0.3 is 14.9 Å². The Hall–Kier alpha value is -1.70. The van der Waals surface area contributed by atoms with Gasteiger partial charge in [-0.3, -0.25) is 14.3 Å². The van der Waals surface area contributed by atoms with E-state index in [9.17, 15) is 14.7 Å². The summed E-state index contributed by atoms with van der Waals surface area (Å²) >= 11 is 0. The number of rotatable bonds is 3. The third kappa shape index (κ3) is 2.67. The molecule has 1 aliphatic rings. The molecule has 0 bridgehead atoms. The van der Waals surface area contributed by atoms with Gasteiger partial charge in [0, 0.05) is 6.20 Å². The first kappa shape index (κ1) is 13.7. The molecule has 0 aromatic carbocycles. The van der Waals surface area contributed by atoms with Crippen molar-refractivity contribution >= 4 is 6.08 Å². The van der Waals surface area contributed by atoms with Gasteiger partial charge in [-0.1, -0.05) is 12.7 Å². The van der Waals surface area contributed by atoms with E-state index in [4.69, 9.17) is 9.84 Å². The van der Waals surface area contributed by atoms with Crippen LogP contribution in [0.25, 0.3) is 6.08 Å². The van der Waals surface area contributed by atoms with Crippen LogP contribution in [0.5, 0.6) is 0 Å². The molecule has 3 unspecified atom stereocenters. The molecule has 0 spiro atoms. The molecular weight excluding hydrogens is 252 g/mol. The summed E-state index contributed by atoms with van der Waals surface area (Å²) in [6.45, 7) is 3.41. The Morgan fingerprint density at radius 1 is 1.58 bits per heavy atom. The summed E-state index contributed by atoms with van der Waals surface area (Å²) in [7, 11) is 0. The fourth-order valence-electron chi connectivity index (χ4n) is 2.13. The van der Waals surface area contributed by atoms with Crippen LogP contribution in [0.15, 0.2) is 22.4 Å². The first-order valence-corrected chi connectivity index (χ1v) is 5.95. The van der Waals surface area contributed by atoms with Gasteiger partial charge in [-0.15, -0.1) is 0 Å². The number of nitrogens with one attached hydrogen (secondary N) is 1. The number of nitrogens with zero attached hydrogens (tertiary/aromatic N) is 1. The van der Waals surface area contributed by atoms with Crippen LogP contribution in [0.2, 0.25) is 0 Å². The summed E-state index contributed by atoms with van der Waals surface area (Å²) in [5, 5.41) is 18.8. The van der Waals surface area contributed by atoms with E-state index in [0.29, 0.717) is 0 Å². The molecule has 7 nitrogen and oxygen atoms in total. The Balaban J connectivity index is 2.31. The highest BCUT2D eigenvalue weighted by Gasteiger charge is 2.30. The van der Waals surface area contributed by atoms with Crippen molar-refractivity contribution in [3.05, 3.63) is 39.2 Å². The van der Waals surface area contributed by atoms with Gasteiger partial charge in [-0.2, -0.15) is 0 Å². The molecule has 1 aromatic heterocycles. The number of ether oxygens (including phenoxy) is 1. The number of hydrogen-bond donors (Lipinski definition) is 3. The first-order chi connectivity index (χ1) is 9.06. The second kappa shape index (κ2) is 5.52. The molecule has 104 valence electrons. The standard InChI is InChI=1S/C12H16N2O5/c1-2-7-4-14(12(18)13-11(7)17)8-3-9(16)10(5-15)19-6-8/h2,4,8-10,15-16H,1,3,5-6H2,(H,13,17,18). The van der Waals surface area contributed by atoms with Crippen molar-refractivity contribution in [2.45, 2.75) is 24.7 Å². The van der Waals surface area contributed by atoms with E-state index >= 15 is 0 Å². The molecule has 0 saturated carbocycles. The molecule has 3 atom stereocenters. The molecule has 1 fully saturated rings. The quantitative estimate of drug-likeness (QED) is 0.643. The zero-order valence-electron chi connectivity index (χ0n) is 10.3. The molecule has 1 aromatic rings. The summed E-state index contributed by atoms with van der Waals surface area (Å²) in [4.78, 5) is 25.4. The van der Waals surface area contributed by atoms with E-state index in [1.54, 1.807) is 0 Å². The monoisotopic (exact) mass is 268 g/mol. The Bertz CT molecular complexity index is 576. The van der Waals surface area contributed by atoms with Gasteiger partial charge in [-0.25, -0.2) is 4.79 Å². The molecule has 0 radical (unpaired) electrons. The fourth-order valence-corrected chi connectivity index (χ4v) is 2.13. The highest BCUT2D eigenvalue weighted by atomic mass is 16.5. The van der Waals surface area contributed by atoms with E-state index in [1.807, 2.05) is 0 Å². The number of aromatic amines is 1. The lowest BCUT2D eigenvalue weighted by Gasteiger charge is -2.33. The molecule has 3 N–H and O–H groups in total. The lowest BCUT2D eigenvalue weighted by molar-refractivity contribution is -0.113. The number of aromatic nitrogens is 2. The molecule has 1 saturated heterocycles. The molecule has 2 rings (SSSR count). The van der Waals surface area contributed by atoms with Gasteiger partial charge in [0.2, 0.25) is 0 Å². The summed E-state index contributed by atoms with van der Waals surface area (Å²) < 4.78 is 6.60. The van der Waals surface area contributed by atoms with Crippen LogP contribution in [-0.2, 0) is 4.74 Å². The zero-order valence-corrected chi connectivity index (χ0v) is 10.3. The number of aliphatic hydroxyl groups is 2. The molecule has 2 heterocycles. The second-order valence-corrected chi connectivity index (χ2v) is 4.47. The Labute approximate surface area is 108 Å². The van der Waals surface area contributed by atoms with Crippen LogP contribution in [0, 0.1) is 0 Å². The smallest absolute Gasteiger partial charge is 0.328 e. The fraction of sp³-hybridized carbons (Fsp3) is 0.500. The summed E-state index contributed by atoms with van der Waals surface area (Å²) in [5.74, 6) is 0. The lowest BCUT2D eigenvalue weighted by Crippen LogP contribution is -2.44. The molecule has 0 amide bonds. The van der Waals surface area contributed by atoms with Crippen molar-refractivity contribution in [2.75, 3.05) is 13.2 Å². The van der Waals surface area contributed by atoms with Gasteiger partial charge >= 0.3 is 5.69 Å². The van der Waals surface area contributed by atoms with Gasteiger partial charge in [0.1, 0.15) is 6.10 Å². The molecule has 1 aliphatic heterocycles. The SMILES string of the molecule is C=Cc1cn(C2COC(CO)C(O)C2)c(=O)[nH]c1=O. The average Bonchev–Trinajstić information content (AvgIpc) is 2.39. The minimum atomic E-state index is -0.852. The summed E-state index contributed by atoms with van der Waals surface area (Å²) in [6.07, 6.45) is 1.54. The summed E-state index contributed by atoms with van der Waals surface area (Å²) in [5.41, 5.74) is -0.779. The second-order valence-electron chi connectivity index (χ2n) is 4.47. The number of H-pyrrole nitrogens is 1. The lowest BCUT2D eigenvalue weighted by atomic mass is 10.0. The normalized spacial score (nSPS) is 27.2. The van der Waals surface area contributed by atoms with E-state index in [2.05, 4.69) is 11.6 Å². The maximum atomic E-state index is 11.8. The van der Waals surface area contributed by atoms with E-state index in [-0.39, 0.29) is 31.2 Å². The summed E-state index contributed by atoms with van der Waals surface area (Å²) in [6, 6.07) is -0.388. The first-order valence-electron chi connectivity index (χ1n) is 5.95. The van der Waals surface area contributed by atoms with Crippen molar-refractivity contribution in [3.63, 3.8) is 0 Å². The van der Waals surface area contributed by atoms with Gasteiger partial charge in [0.15, 0.2) is 0 Å². The molecular formula is C12H16N2O5. The maximum absolute atomic E-state index is 11.8. The topological polar surface area (TPSA) is 105 Å². The van der Waals surface area contributed by atoms with Crippen LogP contribution in [-0.4, -0.2) is 45.2 Å². The minimum absolute atomic E-state index is 0.185. The van der Waals surface area contributed by atoms with Crippen molar-refractivity contribution in [1.82, 2.24) is 9.55 Å². The van der Waals surface area contributed by atoms with E-state index < -0.39 is 23.5 Å². The number of aliphatic hydroxyl groups excluding tert-OH is 2. The van der Waals surface area contributed by atoms with Crippen LogP contribution < -0.4 is 11.2 Å². The van der Waals surface area contributed by atoms with Crippen molar-refractivity contribution in [2.24, 2.45) is 0 Å². The Morgan fingerprint density at radius 3 is 2.89 bits per heavy atom. The van der Waals surface area contributed by atoms with Crippen LogP contribution in [0.4, 0.5) is 0 Å². The zero-order chi connectivity index (χ0) is 14.0. The number of hydrogen-bond acceptors (Lipinski definition) is 5. The average molecular weight is 268 g/mol. The minimum Gasteiger partial charge on any atom is -0.394 e. The van der Waals surface area contributed by atoms with Crippen molar-refractivity contribution in [3.8, 4) is 0 Å². The van der Waals surface area contributed by atoms with Crippen LogP contribution in [0.3, 0.4) is 0 Å². The molecule has 0 aliphatic carbocycles. The highest BCUT2D eigenvalue weighted by Crippen LogP contribution is 2.22. The predicted octanol–water partition coefficient (Wildman–Crippen LogP) is -1.14. The highest BCUT2D eigenvalue weighted by molar-refractivity contribution is 5.43. The Morgan fingerprint density at radius 2 is 2.32 bits per heavy atom. The molecule has 19 heavy (non-hydrogen) atoms. The van der Waals surface area contributed by atoms with E-state index in [0.717, 1.165) is 0 Å². The van der Waals surface area contributed by atoms with Gasteiger partial charge in [0.05, 0.1) is 30.9 Å². The molecule has 7 heteroatoms. The third-order valence-corrected chi connectivity index (χ3v) is 3.23. The van der Waals surface area contributed by atoms with Crippen LogP contribution in [0.1, 0.15) is 18.0 Å². The van der Waals surface area contributed by atoms with Crippen LogP contribution >= 0.6 is 0 Å². The van der Waals surface area contributed by atoms with Gasteiger partial charge in [0.25, 0.3) is 5.56 Å². The van der Waals surface area contributed by atoms with Gasteiger partial charge in [-0.05, 0) is 6.42 Å².